The molecule has 0 fully saturated rings. The highest BCUT2D eigenvalue weighted by Gasteiger charge is 2.40. The number of methoxy groups -OCH3 is 2. The summed E-state index contributed by atoms with van der Waals surface area (Å²) in [6.07, 6.45) is 3.78. The lowest BCUT2D eigenvalue weighted by atomic mass is 9.75. The number of allylic oxidation sites excluding steroid dienone is 3. The van der Waals surface area contributed by atoms with Crippen molar-refractivity contribution >= 4 is 11.8 Å². The molecule has 0 unspecified atom stereocenters. The Morgan fingerprint density at radius 1 is 1.21 bits per heavy atom. The zero-order valence-corrected chi connectivity index (χ0v) is 17.6. The number of unbranched alkanes of at least 4 members (excludes halogenated alkanes) is 1. The number of benzene rings is 1. The predicted octanol–water partition coefficient (Wildman–Crippen LogP) is 4.02. The van der Waals surface area contributed by atoms with Crippen molar-refractivity contribution in [2.24, 2.45) is 0 Å². The van der Waals surface area contributed by atoms with E-state index in [1.54, 1.807) is 20.3 Å². The van der Waals surface area contributed by atoms with Crippen LogP contribution >= 0.6 is 0 Å². The predicted molar refractivity (Wildman–Crippen MR) is 110 cm³/mol. The molecular formula is C23H29NO5. The van der Waals surface area contributed by atoms with E-state index in [-0.39, 0.29) is 5.78 Å². The summed E-state index contributed by atoms with van der Waals surface area (Å²) in [5.74, 6) is 0.200. The van der Waals surface area contributed by atoms with E-state index in [9.17, 15) is 9.59 Å². The minimum atomic E-state index is -0.543. The Morgan fingerprint density at radius 3 is 2.69 bits per heavy atom. The number of ether oxygens (including phenoxy) is 3. The van der Waals surface area contributed by atoms with Gasteiger partial charge in [-0.2, -0.15) is 0 Å². The number of rotatable bonds is 7. The molecule has 0 spiro atoms. The molecule has 6 nitrogen and oxygen atoms in total. The standard InChI is InChI=1S/C23H29NO5/c1-5-6-13-29-23(26)19-14(2)24-16-10-8-11-17(25)21(16)20(19)15-9-7-12-18(27-3)22(15)28-4/h7,9,12,20,24H,5-6,8,10-11,13H2,1-4H3/t20-/m0/s1. The maximum absolute atomic E-state index is 13.1. The number of Topliss-reactive ketones (excluding diaryl/α,β-unsaturated/α-hetero) is 1. The van der Waals surface area contributed by atoms with Crippen LogP contribution in [0.2, 0.25) is 0 Å². The first-order chi connectivity index (χ1) is 14.0. The number of hydrogen-bond donors (Lipinski definition) is 1. The number of carbonyl (C=O) groups excluding carboxylic acids is 2. The fourth-order valence-electron chi connectivity index (χ4n) is 4.09. The Kier molecular flexibility index (Phi) is 6.62. The van der Waals surface area contributed by atoms with E-state index in [0.29, 0.717) is 35.7 Å². The molecule has 0 aromatic heterocycles. The van der Waals surface area contributed by atoms with Crippen LogP contribution in [0.1, 0.15) is 57.4 Å². The third-order valence-electron chi connectivity index (χ3n) is 5.47. The van der Waals surface area contributed by atoms with Gasteiger partial charge in [0.25, 0.3) is 0 Å². The molecular weight excluding hydrogens is 370 g/mol. The SMILES string of the molecule is CCCCOC(=O)C1=C(C)NC2=C(C(=O)CCC2)[C@H]1c1cccc(OC)c1OC. The highest BCUT2D eigenvalue weighted by Crippen LogP contribution is 2.47. The van der Waals surface area contributed by atoms with Gasteiger partial charge in [0.05, 0.1) is 32.3 Å². The molecule has 0 radical (unpaired) electrons. The van der Waals surface area contributed by atoms with E-state index in [4.69, 9.17) is 14.2 Å². The molecule has 156 valence electrons. The van der Waals surface area contributed by atoms with Crippen LogP contribution in [0.15, 0.2) is 40.7 Å². The van der Waals surface area contributed by atoms with Crippen molar-refractivity contribution < 1.29 is 23.8 Å². The molecule has 1 aliphatic heterocycles. The number of hydrogen-bond acceptors (Lipinski definition) is 6. The third-order valence-corrected chi connectivity index (χ3v) is 5.47. The van der Waals surface area contributed by atoms with Crippen molar-refractivity contribution in [1.29, 1.82) is 0 Å². The quantitative estimate of drug-likeness (QED) is 0.552. The second kappa shape index (κ2) is 9.16. The van der Waals surface area contributed by atoms with Gasteiger partial charge in [-0.15, -0.1) is 0 Å². The molecule has 3 rings (SSSR count). The van der Waals surface area contributed by atoms with Crippen molar-refractivity contribution in [3.63, 3.8) is 0 Å². The number of ketones is 1. The van der Waals surface area contributed by atoms with Crippen molar-refractivity contribution in [3.8, 4) is 11.5 Å². The largest absolute Gasteiger partial charge is 0.493 e. The number of dihydropyridines is 1. The van der Waals surface area contributed by atoms with Gasteiger partial charge in [-0.1, -0.05) is 25.5 Å². The van der Waals surface area contributed by atoms with Crippen LogP contribution < -0.4 is 14.8 Å². The van der Waals surface area contributed by atoms with E-state index in [1.165, 1.54) is 0 Å². The summed E-state index contributed by atoms with van der Waals surface area (Å²) in [6, 6.07) is 5.54. The second-order valence-corrected chi connectivity index (χ2v) is 7.34. The van der Waals surface area contributed by atoms with E-state index in [1.807, 2.05) is 26.0 Å². The third kappa shape index (κ3) is 4.02. The van der Waals surface area contributed by atoms with Gasteiger partial charge in [-0.3, -0.25) is 4.79 Å². The highest BCUT2D eigenvalue weighted by atomic mass is 16.5. The van der Waals surface area contributed by atoms with Crippen LogP contribution in [0, 0.1) is 0 Å². The van der Waals surface area contributed by atoms with Gasteiger partial charge >= 0.3 is 5.97 Å². The summed E-state index contributed by atoms with van der Waals surface area (Å²) < 4.78 is 16.6. The fourth-order valence-corrected chi connectivity index (χ4v) is 4.09. The molecule has 1 aromatic rings. The summed E-state index contributed by atoms with van der Waals surface area (Å²) in [5, 5.41) is 3.30. The smallest absolute Gasteiger partial charge is 0.336 e. The molecule has 1 aliphatic carbocycles. The van der Waals surface area contributed by atoms with E-state index in [0.717, 1.165) is 42.6 Å². The zero-order valence-electron chi connectivity index (χ0n) is 17.6. The Bertz CT molecular complexity index is 868. The first-order valence-electron chi connectivity index (χ1n) is 10.2. The average Bonchev–Trinajstić information content (AvgIpc) is 2.72. The Hall–Kier alpha value is -2.76. The Labute approximate surface area is 171 Å². The number of esters is 1. The topological polar surface area (TPSA) is 73.9 Å². The van der Waals surface area contributed by atoms with Crippen molar-refractivity contribution in [3.05, 3.63) is 46.3 Å². The Morgan fingerprint density at radius 2 is 2.00 bits per heavy atom. The highest BCUT2D eigenvalue weighted by molar-refractivity contribution is 6.04. The molecule has 1 N–H and O–H groups in total. The van der Waals surface area contributed by atoms with Gasteiger partial charge in [0.2, 0.25) is 0 Å². The van der Waals surface area contributed by atoms with Crippen molar-refractivity contribution in [2.45, 2.75) is 51.9 Å². The minimum absolute atomic E-state index is 0.0555. The van der Waals surface area contributed by atoms with Gasteiger partial charge in [0.15, 0.2) is 17.3 Å². The van der Waals surface area contributed by atoms with Crippen LogP contribution in [-0.4, -0.2) is 32.6 Å². The summed E-state index contributed by atoms with van der Waals surface area (Å²) >= 11 is 0. The molecule has 0 saturated heterocycles. The van der Waals surface area contributed by atoms with Gasteiger partial charge in [0, 0.05) is 29.0 Å². The summed E-state index contributed by atoms with van der Waals surface area (Å²) in [5.41, 5.74) is 3.43. The van der Waals surface area contributed by atoms with E-state index < -0.39 is 11.9 Å². The molecule has 0 bridgehead atoms. The molecule has 29 heavy (non-hydrogen) atoms. The molecule has 1 aromatic carbocycles. The zero-order chi connectivity index (χ0) is 21.0. The van der Waals surface area contributed by atoms with E-state index >= 15 is 0 Å². The minimum Gasteiger partial charge on any atom is -0.493 e. The normalized spacial score (nSPS) is 18.9. The van der Waals surface area contributed by atoms with Crippen LogP contribution in [-0.2, 0) is 14.3 Å². The van der Waals surface area contributed by atoms with Crippen LogP contribution in [0.5, 0.6) is 11.5 Å². The van der Waals surface area contributed by atoms with Gasteiger partial charge in [-0.25, -0.2) is 4.79 Å². The fraction of sp³-hybridized carbons (Fsp3) is 0.478. The number of carbonyl (C=O) groups is 2. The lowest BCUT2D eigenvalue weighted by molar-refractivity contribution is -0.139. The first kappa shape index (κ1) is 21.0. The van der Waals surface area contributed by atoms with Gasteiger partial charge in [0.1, 0.15) is 0 Å². The molecule has 2 aliphatic rings. The van der Waals surface area contributed by atoms with Crippen molar-refractivity contribution in [1.82, 2.24) is 5.32 Å². The maximum Gasteiger partial charge on any atom is 0.336 e. The second-order valence-electron chi connectivity index (χ2n) is 7.34. The monoisotopic (exact) mass is 399 g/mol. The Balaban J connectivity index is 2.15. The van der Waals surface area contributed by atoms with Crippen LogP contribution in [0.25, 0.3) is 0 Å². The lowest BCUT2D eigenvalue weighted by Crippen LogP contribution is -2.34. The van der Waals surface area contributed by atoms with Crippen LogP contribution in [0.4, 0.5) is 0 Å². The lowest BCUT2D eigenvalue weighted by Gasteiger charge is -2.34. The molecule has 6 heteroatoms. The molecule has 1 atom stereocenters. The number of para-hydroxylation sites is 1. The molecule has 0 amide bonds. The van der Waals surface area contributed by atoms with Gasteiger partial charge in [-0.05, 0) is 32.3 Å². The summed E-state index contributed by atoms with van der Waals surface area (Å²) in [4.78, 5) is 26.0. The summed E-state index contributed by atoms with van der Waals surface area (Å²) in [7, 11) is 3.14. The van der Waals surface area contributed by atoms with Crippen molar-refractivity contribution in [2.75, 3.05) is 20.8 Å². The molecule has 1 heterocycles. The molecule has 0 saturated carbocycles. The first-order valence-corrected chi connectivity index (χ1v) is 10.2. The van der Waals surface area contributed by atoms with Crippen LogP contribution in [0.3, 0.4) is 0 Å². The maximum atomic E-state index is 13.1. The summed E-state index contributed by atoms with van der Waals surface area (Å²) in [6.45, 7) is 4.26. The number of nitrogens with one attached hydrogen (secondary N) is 1. The van der Waals surface area contributed by atoms with E-state index in [2.05, 4.69) is 5.32 Å². The average molecular weight is 399 g/mol. The van der Waals surface area contributed by atoms with Gasteiger partial charge < -0.3 is 19.5 Å².